The van der Waals surface area contributed by atoms with Crippen molar-refractivity contribution in [3.05, 3.63) is 54.1 Å². The zero-order valence-corrected chi connectivity index (χ0v) is 11.8. The van der Waals surface area contributed by atoms with Crippen LogP contribution in [0.3, 0.4) is 0 Å². The van der Waals surface area contributed by atoms with Gasteiger partial charge in [0, 0.05) is 30.9 Å². The second kappa shape index (κ2) is 5.45. The number of benzene rings is 2. The Hall–Kier alpha value is -2.16. The van der Waals surface area contributed by atoms with E-state index in [1.807, 2.05) is 24.3 Å². The topological polar surface area (TPSA) is 38.5 Å². The molecule has 104 valence electrons. The van der Waals surface area contributed by atoms with Gasteiger partial charge in [-0.1, -0.05) is 24.3 Å². The van der Waals surface area contributed by atoms with Crippen LogP contribution in [0.25, 0.3) is 0 Å². The Labute approximate surface area is 120 Å². The van der Waals surface area contributed by atoms with E-state index in [1.54, 1.807) is 0 Å². The standard InChI is InChI=1S/C17H20N2O/c1-19(15-6-4-5-14(18)11-15)12-13-9-10-20-17-8-3-2-7-16(13)17/h2-8,11,13H,9-10,12,18H2,1H3. The molecular weight excluding hydrogens is 248 g/mol. The monoisotopic (exact) mass is 268 g/mol. The number of hydrogen-bond acceptors (Lipinski definition) is 3. The minimum atomic E-state index is 0.506. The summed E-state index contributed by atoms with van der Waals surface area (Å²) in [6.45, 7) is 1.77. The molecule has 1 atom stereocenters. The van der Waals surface area contributed by atoms with Gasteiger partial charge in [0.2, 0.25) is 0 Å². The van der Waals surface area contributed by atoms with Crippen molar-refractivity contribution in [3.63, 3.8) is 0 Å². The summed E-state index contributed by atoms with van der Waals surface area (Å²) in [4.78, 5) is 2.27. The number of likely N-dealkylation sites (N-methyl/N-ethyl adjacent to an activating group) is 1. The molecule has 0 amide bonds. The normalized spacial score (nSPS) is 17.1. The Balaban J connectivity index is 1.79. The number of para-hydroxylation sites is 1. The van der Waals surface area contributed by atoms with Gasteiger partial charge in [0.1, 0.15) is 5.75 Å². The molecular formula is C17H20N2O. The van der Waals surface area contributed by atoms with Gasteiger partial charge >= 0.3 is 0 Å². The summed E-state index contributed by atoms with van der Waals surface area (Å²) < 4.78 is 5.72. The van der Waals surface area contributed by atoms with E-state index in [2.05, 4.69) is 36.2 Å². The van der Waals surface area contributed by atoms with E-state index in [0.717, 1.165) is 36.7 Å². The van der Waals surface area contributed by atoms with Gasteiger partial charge in [-0.15, -0.1) is 0 Å². The van der Waals surface area contributed by atoms with E-state index >= 15 is 0 Å². The number of fused-ring (bicyclic) bond motifs is 1. The highest BCUT2D eigenvalue weighted by molar-refractivity contribution is 5.56. The van der Waals surface area contributed by atoms with Crippen LogP contribution in [-0.2, 0) is 0 Å². The van der Waals surface area contributed by atoms with Crippen LogP contribution in [0.5, 0.6) is 5.75 Å². The van der Waals surface area contributed by atoms with Crippen LogP contribution < -0.4 is 15.4 Å². The van der Waals surface area contributed by atoms with Crippen molar-refractivity contribution in [1.82, 2.24) is 0 Å². The second-order valence-corrected chi connectivity index (χ2v) is 5.35. The van der Waals surface area contributed by atoms with Crippen LogP contribution in [-0.4, -0.2) is 20.2 Å². The molecule has 3 rings (SSSR count). The summed E-state index contributed by atoms with van der Waals surface area (Å²) in [5.74, 6) is 1.54. The minimum Gasteiger partial charge on any atom is -0.493 e. The summed E-state index contributed by atoms with van der Waals surface area (Å²) in [7, 11) is 2.12. The molecule has 1 heterocycles. The molecule has 1 aliphatic rings. The number of hydrogen-bond donors (Lipinski definition) is 1. The third kappa shape index (κ3) is 2.57. The Morgan fingerprint density at radius 1 is 1.20 bits per heavy atom. The van der Waals surface area contributed by atoms with Crippen LogP contribution in [0.15, 0.2) is 48.5 Å². The molecule has 2 N–H and O–H groups in total. The average molecular weight is 268 g/mol. The third-order valence-electron chi connectivity index (χ3n) is 3.89. The Kier molecular flexibility index (Phi) is 3.50. The molecule has 0 fully saturated rings. The van der Waals surface area contributed by atoms with Crippen LogP contribution in [0.4, 0.5) is 11.4 Å². The predicted octanol–water partition coefficient (Wildman–Crippen LogP) is 3.27. The molecule has 0 bridgehead atoms. The first-order valence-corrected chi connectivity index (χ1v) is 7.02. The van der Waals surface area contributed by atoms with Gasteiger partial charge in [-0.05, 0) is 36.2 Å². The summed E-state index contributed by atoms with van der Waals surface area (Å²) in [5.41, 5.74) is 9.14. The Morgan fingerprint density at radius 2 is 2.05 bits per heavy atom. The Bertz CT molecular complexity index is 597. The van der Waals surface area contributed by atoms with Crippen LogP contribution in [0.1, 0.15) is 17.9 Å². The fourth-order valence-electron chi connectivity index (χ4n) is 2.80. The van der Waals surface area contributed by atoms with Crippen molar-refractivity contribution in [3.8, 4) is 5.75 Å². The fourth-order valence-corrected chi connectivity index (χ4v) is 2.80. The minimum absolute atomic E-state index is 0.506. The van der Waals surface area contributed by atoms with Crippen LogP contribution in [0, 0.1) is 0 Å². The van der Waals surface area contributed by atoms with E-state index in [1.165, 1.54) is 5.56 Å². The predicted molar refractivity (Wildman–Crippen MR) is 83.4 cm³/mol. The highest BCUT2D eigenvalue weighted by Crippen LogP contribution is 2.34. The highest BCUT2D eigenvalue weighted by atomic mass is 16.5. The quantitative estimate of drug-likeness (QED) is 0.868. The average Bonchev–Trinajstić information content (AvgIpc) is 2.47. The number of nitrogens with zero attached hydrogens (tertiary/aromatic N) is 1. The highest BCUT2D eigenvalue weighted by Gasteiger charge is 2.22. The summed E-state index contributed by atoms with van der Waals surface area (Å²) in [6, 6.07) is 16.4. The van der Waals surface area contributed by atoms with Gasteiger partial charge in [-0.3, -0.25) is 0 Å². The van der Waals surface area contributed by atoms with Crippen molar-refractivity contribution >= 4 is 11.4 Å². The molecule has 0 saturated carbocycles. The molecule has 3 nitrogen and oxygen atoms in total. The lowest BCUT2D eigenvalue weighted by Gasteiger charge is -2.30. The smallest absolute Gasteiger partial charge is 0.122 e. The number of ether oxygens (including phenoxy) is 1. The van der Waals surface area contributed by atoms with Gasteiger partial charge in [0.25, 0.3) is 0 Å². The zero-order valence-electron chi connectivity index (χ0n) is 11.8. The summed E-state index contributed by atoms with van der Waals surface area (Å²) in [5, 5.41) is 0. The number of nitrogens with two attached hydrogens (primary N) is 1. The van der Waals surface area contributed by atoms with Crippen LogP contribution >= 0.6 is 0 Å². The first-order chi connectivity index (χ1) is 9.74. The molecule has 3 heteroatoms. The van der Waals surface area contributed by atoms with Crippen molar-refractivity contribution < 1.29 is 4.74 Å². The van der Waals surface area contributed by atoms with Crippen molar-refractivity contribution in [2.45, 2.75) is 12.3 Å². The molecule has 20 heavy (non-hydrogen) atoms. The number of nitrogen functional groups attached to an aromatic ring is 1. The lowest BCUT2D eigenvalue weighted by atomic mass is 9.92. The SMILES string of the molecule is CN(CC1CCOc2ccccc21)c1cccc(N)c1. The van der Waals surface area contributed by atoms with E-state index in [-0.39, 0.29) is 0 Å². The van der Waals surface area contributed by atoms with Gasteiger partial charge in [0.15, 0.2) is 0 Å². The maximum absolute atomic E-state index is 5.86. The first kappa shape index (κ1) is 12.9. The van der Waals surface area contributed by atoms with E-state index in [4.69, 9.17) is 10.5 Å². The lowest BCUT2D eigenvalue weighted by Crippen LogP contribution is -2.27. The number of rotatable bonds is 3. The van der Waals surface area contributed by atoms with Gasteiger partial charge in [0.05, 0.1) is 6.61 Å². The van der Waals surface area contributed by atoms with Crippen molar-refractivity contribution in [2.75, 3.05) is 30.8 Å². The van der Waals surface area contributed by atoms with Crippen molar-refractivity contribution in [1.29, 1.82) is 0 Å². The van der Waals surface area contributed by atoms with Crippen LogP contribution in [0.2, 0.25) is 0 Å². The largest absolute Gasteiger partial charge is 0.493 e. The van der Waals surface area contributed by atoms with Gasteiger partial charge < -0.3 is 15.4 Å². The maximum atomic E-state index is 5.86. The van der Waals surface area contributed by atoms with Gasteiger partial charge in [-0.2, -0.15) is 0 Å². The molecule has 2 aromatic rings. The van der Waals surface area contributed by atoms with E-state index < -0.39 is 0 Å². The summed E-state index contributed by atoms with van der Waals surface area (Å²) >= 11 is 0. The lowest BCUT2D eigenvalue weighted by molar-refractivity contribution is 0.268. The molecule has 1 unspecified atom stereocenters. The number of anilines is 2. The maximum Gasteiger partial charge on any atom is 0.122 e. The molecule has 1 aliphatic heterocycles. The second-order valence-electron chi connectivity index (χ2n) is 5.35. The zero-order chi connectivity index (χ0) is 13.9. The summed E-state index contributed by atoms with van der Waals surface area (Å²) in [6.07, 6.45) is 1.06. The fraction of sp³-hybridized carbons (Fsp3) is 0.294. The molecule has 0 aromatic heterocycles. The van der Waals surface area contributed by atoms with E-state index in [0.29, 0.717) is 5.92 Å². The Morgan fingerprint density at radius 3 is 2.90 bits per heavy atom. The molecule has 0 saturated heterocycles. The molecule has 0 radical (unpaired) electrons. The van der Waals surface area contributed by atoms with Crippen molar-refractivity contribution in [2.24, 2.45) is 0 Å². The molecule has 2 aromatic carbocycles. The third-order valence-corrected chi connectivity index (χ3v) is 3.89. The molecule has 0 spiro atoms. The first-order valence-electron chi connectivity index (χ1n) is 7.02. The van der Waals surface area contributed by atoms with Gasteiger partial charge in [-0.25, -0.2) is 0 Å². The molecule has 0 aliphatic carbocycles. The van der Waals surface area contributed by atoms with E-state index in [9.17, 15) is 0 Å².